The van der Waals surface area contributed by atoms with Gasteiger partial charge in [0.2, 0.25) is 5.91 Å². The zero-order chi connectivity index (χ0) is 18.6. The molecule has 0 aliphatic heterocycles. The molecule has 0 aliphatic rings. The normalized spacial score (nSPS) is 12.4. The molecule has 2 aromatic rings. The van der Waals surface area contributed by atoms with Crippen molar-refractivity contribution < 1.29 is 4.79 Å². The van der Waals surface area contributed by atoms with Crippen molar-refractivity contribution >= 4 is 40.2 Å². The fraction of sp³-hybridized carbons (Fsp3) is 0.389. The minimum atomic E-state index is -0.189. The van der Waals surface area contributed by atoms with E-state index in [1.165, 1.54) is 16.3 Å². The summed E-state index contributed by atoms with van der Waals surface area (Å²) in [6.07, 6.45) is 1.63. The number of amides is 1. The third-order valence-corrected chi connectivity index (χ3v) is 5.13. The molecule has 1 amide bonds. The zero-order valence-electron chi connectivity index (χ0n) is 14.6. The van der Waals surface area contributed by atoms with Crippen LogP contribution in [0.1, 0.15) is 20.8 Å². The lowest BCUT2D eigenvalue weighted by Gasteiger charge is -2.17. The van der Waals surface area contributed by atoms with E-state index in [0.717, 1.165) is 0 Å². The number of benzene rings is 1. The first kappa shape index (κ1) is 19.5. The standard InChI is InChI=1S/C18H22ClN3O2S/c1-5-8-22-17(24)14-9-13(19)6-7-15(14)21-18(22)25-10-16(23)20-12(4)11(2)3/h5-7,9,11-12H,1,8,10H2,2-4H3,(H,20,23). The van der Waals surface area contributed by atoms with Gasteiger partial charge < -0.3 is 5.32 Å². The van der Waals surface area contributed by atoms with Crippen LogP contribution in [0.4, 0.5) is 0 Å². The van der Waals surface area contributed by atoms with E-state index >= 15 is 0 Å². The first-order valence-corrected chi connectivity index (χ1v) is 9.43. The van der Waals surface area contributed by atoms with Crippen molar-refractivity contribution in [3.05, 3.63) is 46.2 Å². The van der Waals surface area contributed by atoms with Gasteiger partial charge >= 0.3 is 0 Å². The Hall–Kier alpha value is -1.79. The maximum absolute atomic E-state index is 12.7. The van der Waals surface area contributed by atoms with Crippen molar-refractivity contribution in [2.24, 2.45) is 5.92 Å². The van der Waals surface area contributed by atoms with Crippen LogP contribution in [0.3, 0.4) is 0 Å². The van der Waals surface area contributed by atoms with Gasteiger partial charge in [0.25, 0.3) is 5.56 Å². The molecule has 1 aromatic heterocycles. The van der Waals surface area contributed by atoms with Gasteiger partial charge in [-0.05, 0) is 31.0 Å². The molecule has 134 valence electrons. The number of hydrogen-bond donors (Lipinski definition) is 1. The van der Waals surface area contributed by atoms with E-state index in [9.17, 15) is 9.59 Å². The highest BCUT2D eigenvalue weighted by atomic mass is 35.5. The third-order valence-electron chi connectivity index (χ3n) is 3.91. The number of carbonyl (C=O) groups excluding carboxylic acids is 1. The molecule has 1 unspecified atom stereocenters. The van der Waals surface area contributed by atoms with Crippen molar-refractivity contribution in [3.63, 3.8) is 0 Å². The predicted octanol–water partition coefficient (Wildman–Crippen LogP) is 3.49. The molecule has 5 nitrogen and oxygen atoms in total. The highest BCUT2D eigenvalue weighted by Crippen LogP contribution is 2.20. The average molecular weight is 380 g/mol. The number of carbonyl (C=O) groups is 1. The number of allylic oxidation sites excluding steroid dienone is 1. The van der Waals surface area contributed by atoms with E-state index in [-0.39, 0.29) is 23.3 Å². The van der Waals surface area contributed by atoms with Crippen LogP contribution in [-0.4, -0.2) is 27.3 Å². The molecule has 0 saturated carbocycles. The summed E-state index contributed by atoms with van der Waals surface area (Å²) in [4.78, 5) is 29.3. The maximum atomic E-state index is 12.7. The fourth-order valence-electron chi connectivity index (χ4n) is 2.17. The van der Waals surface area contributed by atoms with Gasteiger partial charge in [0.1, 0.15) is 0 Å². The van der Waals surface area contributed by atoms with Crippen LogP contribution >= 0.6 is 23.4 Å². The van der Waals surface area contributed by atoms with Crippen molar-refractivity contribution in [2.45, 2.75) is 38.5 Å². The number of fused-ring (bicyclic) bond motifs is 1. The summed E-state index contributed by atoms with van der Waals surface area (Å²) < 4.78 is 1.51. The summed E-state index contributed by atoms with van der Waals surface area (Å²) >= 11 is 7.22. The Morgan fingerprint density at radius 2 is 2.16 bits per heavy atom. The SMILES string of the molecule is C=CCn1c(SCC(=O)NC(C)C(C)C)nc2ccc(Cl)cc2c1=O. The van der Waals surface area contributed by atoms with Gasteiger partial charge in [-0.3, -0.25) is 14.2 Å². The summed E-state index contributed by atoms with van der Waals surface area (Å²) in [5.74, 6) is 0.470. The van der Waals surface area contributed by atoms with Gasteiger partial charge in [-0.1, -0.05) is 43.3 Å². The second-order valence-electron chi connectivity index (χ2n) is 6.15. The van der Waals surface area contributed by atoms with Crippen LogP contribution < -0.4 is 10.9 Å². The number of hydrogen-bond acceptors (Lipinski definition) is 4. The second kappa shape index (κ2) is 8.54. The van der Waals surface area contributed by atoms with E-state index in [1.54, 1.807) is 24.3 Å². The topological polar surface area (TPSA) is 64.0 Å². The van der Waals surface area contributed by atoms with E-state index in [4.69, 9.17) is 11.6 Å². The smallest absolute Gasteiger partial charge is 0.262 e. The molecule has 0 radical (unpaired) electrons. The molecule has 0 aliphatic carbocycles. The molecule has 0 saturated heterocycles. The zero-order valence-corrected chi connectivity index (χ0v) is 16.2. The monoisotopic (exact) mass is 379 g/mol. The van der Waals surface area contributed by atoms with Crippen LogP contribution in [0.2, 0.25) is 5.02 Å². The first-order valence-electron chi connectivity index (χ1n) is 8.06. The van der Waals surface area contributed by atoms with Gasteiger partial charge in [0.05, 0.1) is 16.7 Å². The molecule has 0 spiro atoms. The Morgan fingerprint density at radius 1 is 1.44 bits per heavy atom. The molecule has 1 N–H and O–H groups in total. The van der Waals surface area contributed by atoms with Gasteiger partial charge in [-0.25, -0.2) is 4.98 Å². The number of rotatable bonds is 7. The van der Waals surface area contributed by atoms with Crippen LogP contribution in [-0.2, 0) is 11.3 Å². The highest BCUT2D eigenvalue weighted by molar-refractivity contribution is 7.99. The molecule has 1 atom stereocenters. The average Bonchev–Trinajstić information content (AvgIpc) is 2.56. The second-order valence-corrected chi connectivity index (χ2v) is 7.53. The van der Waals surface area contributed by atoms with Gasteiger partial charge in [0.15, 0.2) is 5.16 Å². The fourth-order valence-corrected chi connectivity index (χ4v) is 3.16. The summed E-state index contributed by atoms with van der Waals surface area (Å²) in [5, 5.41) is 4.38. The molecule has 0 fully saturated rings. The Kier molecular flexibility index (Phi) is 6.67. The highest BCUT2D eigenvalue weighted by Gasteiger charge is 2.15. The lowest BCUT2D eigenvalue weighted by Crippen LogP contribution is -2.37. The molecule has 1 aromatic carbocycles. The number of halogens is 1. The van der Waals surface area contributed by atoms with E-state index in [1.807, 2.05) is 6.92 Å². The van der Waals surface area contributed by atoms with Crippen LogP contribution in [0, 0.1) is 5.92 Å². The minimum absolute atomic E-state index is 0.0817. The Morgan fingerprint density at radius 3 is 2.80 bits per heavy atom. The van der Waals surface area contributed by atoms with E-state index in [2.05, 4.69) is 30.7 Å². The predicted molar refractivity (Wildman–Crippen MR) is 104 cm³/mol. The summed E-state index contributed by atoms with van der Waals surface area (Å²) in [6.45, 7) is 10.1. The van der Waals surface area contributed by atoms with Crippen LogP contribution in [0.5, 0.6) is 0 Å². The molecular weight excluding hydrogens is 358 g/mol. The largest absolute Gasteiger partial charge is 0.353 e. The van der Waals surface area contributed by atoms with Crippen molar-refractivity contribution in [1.82, 2.24) is 14.9 Å². The lowest BCUT2D eigenvalue weighted by atomic mass is 10.1. The third kappa shape index (κ3) is 4.86. The molecule has 25 heavy (non-hydrogen) atoms. The van der Waals surface area contributed by atoms with Crippen molar-refractivity contribution in [2.75, 3.05) is 5.75 Å². The van der Waals surface area contributed by atoms with Crippen LogP contribution in [0.25, 0.3) is 10.9 Å². The summed E-state index contributed by atoms with van der Waals surface area (Å²) in [7, 11) is 0. The summed E-state index contributed by atoms with van der Waals surface area (Å²) in [5.41, 5.74) is 0.374. The molecule has 1 heterocycles. The Balaban J connectivity index is 2.29. The maximum Gasteiger partial charge on any atom is 0.262 e. The Labute approximate surface area is 156 Å². The van der Waals surface area contributed by atoms with E-state index < -0.39 is 0 Å². The molecular formula is C18H22ClN3O2S. The van der Waals surface area contributed by atoms with Crippen molar-refractivity contribution in [3.8, 4) is 0 Å². The number of thioether (sulfide) groups is 1. The Bertz CT molecular complexity index is 848. The number of aromatic nitrogens is 2. The van der Waals surface area contributed by atoms with Gasteiger partial charge in [0, 0.05) is 17.6 Å². The lowest BCUT2D eigenvalue weighted by molar-refractivity contribution is -0.119. The first-order chi connectivity index (χ1) is 11.8. The molecule has 0 bridgehead atoms. The number of nitrogens with zero attached hydrogens (tertiary/aromatic N) is 2. The molecule has 7 heteroatoms. The van der Waals surface area contributed by atoms with Crippen molar-refractivity contribution in [1.29, 1.82) is 0 Å². The van der Waals surface area contributed by atoms with Crippen LogP contribution in [0.15, 0.2) is 40.8 Å². The number of nitrogens with one attached hydrogen (secondary N) is 1. The molecule has 2 rings (SSSR count). The van der Waals surface area contributed by atoms with Gasteiger partial charge in [-0.15, -0.1) is 6.58 Å². The van der Waals surface area contributed by atoms with Gasteiger partial charge in [-0.2, -0.15) is 0 Å². The minimum Gasteiger partial charge on any atom is -0.353 e. The van der Waals surface area contributed by atoms with E-state index in [0.29, 0.717) is 33.5 Å². The quantitative estimate of drug-likeness (QED) is 0.454. The summed E-state index contributed by atoms with van der Waals surface area (Å²) in [6, 6.07) is 5.11.